The molecule has 0 radical (unpaired) electrons. The van der Waals surface area contributed by atoms with Crippen LogP contribution in [-0.2, 0) is 17.8 Å². The van der Waals surface area contributed by atoms with Gasteiger partial charge in [0, 0.05) is 57.7 Å². The Morgan fingerprint density at radius 1 is 1.00 bits per heavy atom. The van der Waals surface area contributed by atoms with Crippen molar-refractivity contribution in [3.63, 3.8) is 0 Å². The highest BCUT2D eigenvalue weighted by atomic mass is 16.5. The second-order valence-electron chi connectivity index (χ2n) is 7.92. The van der Waals surface area contributed by atoms with E-state index >= 15 is 0 Å². The number of carbonyl (C=O) groups excluding carboxylic acids is 2. The fourth-order valence-corrected chi connectivity index (χ4v) is 4.04. The molecule has 4 rings (SSSR count). The number of nitrogens with zero attached hydrogens (tertiary/aromatic N) is 2. The summed E-state index contributed by atoms with van der Waals surface area (Å²) in [6.07, 6.45) is 2.13. The fraction of sp³-hybridized carbons (Fsp3) is 0.417. The Kier molecular flexibility index (Phi) is 6.64. The smallest absolute Gasteiger partial charge is 0.251 e. The molecule has 0 atom stereocenters. The molecule has 158 valence electrons. The van der Waals surface area contributed by atoms with Crippen LogP contribution < -0.4 is 10.1 Å². The molecular formula is C24H29N3O3. The number of piperazine rings is 1. The molecule has 2 aromatic rings. The Labute approximate surface area is 177 Å². The summed E-state index contributed by atoms with van der Waals surface area (Å²) in [5, 5.41) is 2.88. The van der Waals surface area contributed by atoms with Crippen LogP contribution >= 0.6 is 0 Å². The average Bonchev–Trinajstić information content (AvgIpc) is 3.25. The molecule has 1 N–H and O–H groups in total. The number of hydrogen-bond acceptors (Lipinski definition) is 4. The van der Waals surface area contributed by atoms with Crippen molar-refractivity contribution in [1.29, 1.82) is 0 Å². The minimum atomic E-state index is -0.0882. The van der Waals surface area contributed by atoms with Gasteiger partial charge in [0.2, 0.25) is 5.91 Å². The van der Waals surface area contributed by atoms with Gasteiger partial charge in [-0.3, -0.25) is 14.5 Å². The van der Waals surface area contributed by atoms with Gasteiger partial charge >= 0.3 is 0 Å². The Morgan fingerprint density at radius 3 is 2.60 bits per heavy atom. The monoisotopic (exact) mass is 407 g/mol. The predicted molar refractivity (Wildman–Crippen MR) is 116 cm³/mol. The quantitative estimate of drug-likeness (QED) is 0.717. The van der Waals surface area contributed by atoms with E-state index in [9.17, 15) is 9.59 Å². The molecular weight excluding hydrogens is 378 g/mol. The lowest BCUT2D eigenvalue weighted by Gasteiger charge is -2.35. The molecule has 6 heteroatoms. The number of amides is 2. The van der Waals surface area contributed by atoms with E-state index in [2.05, 4.69) is 28.4 Å². The van der Waals surface area contributed by atoms with Crippen LogP contribution in [0.15, 0.2) is 48.5 Å². The minimum Gasteiger partial charge on any atom is -0.493 e. The van der Waals surface area contributed by atoms with Crippen LogP contribution in [0.4, 0.5) is 0 Å². The fourth-order valence-electron chi connectivity index (χ4n) is 4.04. The lowest BCUT2D eigenvalue weighted by molar-refractivity contribution is -0.133. The summed E-state index contributed by atoms with van der Waals surface area (Å²) >= 11 is 0. The first-order valence-corrected chi connectivity index (χ1v) is 10.8. The number of ether oxygens (including phenoxy) is 1. The van der Waals surface area contributed by atoms with Crippen LogP contribution in [0.3, 0.4) is 0 Å². The third-order valence-corrected chi connectivity index (χ3v) is 5.77. The number of hydrogen-bond donors (Lipinski definition) is 1. The van der Waals surface area contributed by atoms with E-state index in [0.717, 1.165) is 51.5 Å². The Bertz CT molecular complexity index is 877. The van der Waals surface area contributed by atoms with E-state index in [1.165, 1.54) is 11.1 Å². The van der Waals surface area contributed by atoms with Gasteiger partial charge in [-0.2, -0.15) is 0 Å². The topological polar surface area (TPSA) is 61.9 Å². The molecule has 2 aliphatic heterocycles. The molecule has 2 aliphatic rings. The van der Waals surface area contributed by atoms with Gasteiger partial charge in [0.05, 0.1) is 6.61 Å². The highest BCUT2D eigenvalue weighted by Crippen LogP contribution is 2.26. The van der Waals surface area contributed by atoms with E-state index < -0.39 is 0 Å². The lowest BCUT2D eigenvalue weighted by atomic mass is 10.1. The number of nitrogens with one attached hydrogen (secondary N) is 1. The maximum absolute atomic E-state index is 12.5. The molecule has 1 saturated heterocycles. The van der Waals surface area contributed by atoms with E-state index in [0.29, 0.717) is 24.9 Å². The summed E-state index contributed by atoms with van der Waals surface area (Å²) in [6, 6.07) is 15.6. The molecule has 0 aromatic heterocycles. The second kappa shape index (κ2) is 9.76. The van der Waals surface area contributed by atoms with Gasteiger partial charge in [0.1, 0.15) is 5.75 Å². The number of fused-ring (bicyclic) bond motifs is 1. The van der Waals surface area contributed by atoms with Crippen LogP contribution in [0.1, 0.15) is 34.3 Å². The molecule has 0 unspecified atom stereocenters. The second-order valence-corrected chi connectivity index (χ2v) is 7.92. The van der Waals surface area contributed by atoms with E-state index in [4.69, 9.17) is 4.74 Å². The number of carbonyl (C=O) groups is 2. The summed E-state index contributed by atoms with van der Waals surface area (Å²) in [5.41, 5.74) is 3.27. The van der Waals surface area contributed by atoms with E-state index in [1.54, 1.807) is 12.1 Å². The number of rotatable bonds is 7. The minimum absolute atomic E-state index is 0.0882. The van der Waals surface area contributed by atoms with Gasteiger partial charge in [0.25, 0.3) is 5.91 Å². The Balaban J connectivity index is 1.14. The maximum Gasteiger partial charge on any atom is 0.251 e. The summed E-state index contributed by atoms with van der Waals surface area (Å²) in [4.78, 5) is 28.9. The van der Waals surface area contributed by atoms with Crippen LogP contribution in [0.2, 0.25) is 0 Å². The van der Waals surface area contributed by atoms with Crippen molar-refractivity contribution < 1.29 is 14.3 Å². The van der Waals surface area contributed by atoms with Crippen LogP contribution in [0.25, 0.3) is 0 Å². The van der Waals surface area contributed by atoms with Crippen molar-refractivity contribution in [1.82, 2.24) is 15.1 Å². The highest BCUT2D eigenvalue weighted by molar-refractivity contribution is 5.94. The zero-order valence-electron chi connectivity index (χ0n) is 17.3. The van der Waals surface area contributed by atoms with Crippen molar-refractivity contribution >= 4 is 11.8 Å². The highest BCUT2D eigenvalue weighted by Gasteiger charge is 2.21. The first-order valence-electron chi connectivity index (χ1n) is 10.8. The van der Waals surface area contributed by atoms with Gasteiger partial charge in [-0.25, -0.2) is 0 Å². The third kappa shape index (κ3) is 5.19. The van der Waals surface area contributed by atoms with Crippen LogP contribution in [0, 0.1) is 0 Å². The Morgan fingerprint density at radius 2 is 1.80 bits per heavy atom. The molecule has 2 heterocycles. The van der Waals surface area contributed by atoms with Crippen molar-refractivity contribution in [2.45, 2.75) is 25.8 Å². The first kappa shape index (κ1) is 20.4. The van der Waals surface area contributed by atoms with Crippen molar-refractivity contribution in [3.8, 4) is 5.75 Å². The van der Waals surface area contributed by atoms with Crippen molar-refractivity contribution in [2.24, 2.45) is 0 Å². The SMILES string of the molecule is O=C(NCCCC(=O)N1CCN(Cc2ccc3c(c2)CCO3)CC1)c1ccccc1. The van der Waals surface area contributed by atoms with Gasteiger partial charge in [0.15, 0.2) is 0 Å². The van der Waals surface area contributed by atoms with E-state index in [-0.39, 0.29) is 11.8 Å². The summed E-state index contributed by atoms with van der Waals surface area (Å²) in [6.45, 7) is 5.54. The van der Waals surface area contributed by atoms with Crippen LogP contribution in [0.5, 0.6) is 5.75 Å². The number of benzene rings is 2. The summed E-state index contributed by atoms with van der Waals surface area (Å²) in [7, 11) is 0. The van der Waals surface area contributed by atoms with E-state index in [1.807, 2.05) is 23.1 Å². The van der Waals surface area contributed by atoms with Gasteiger partial charge in [-0.05, 0) is 35.7 Å². The predicted octanol–water partition coefficient (Wildman–Crippen LogP) is 2.48. The van der Waals surface area contributed by atoms with Gasteiger partial charge in [-0.15, -0.1) is 0 Å². The molecule has 30 heavy (non-hydrogen) atoms. The van der Waals surface area contributed by atoms with Gasteiger partial charge < -0.3 is 15.0 Å². The largest absolute Gasteiger partial charge is 0.493 e. The molecule has 0 spiro atoms. The molecule has 2 amide bonds. The zero-order chi connectivity index (χ0) is 20.8. The van der Waals surface area contributed by atoms with Gasteiger partial charge in [-0.1, -0.05) is 30.3 Å². The Hall–Kier alpha value is -2.86. The standard InChI is InChI=1S/C24H29N3O3/c28-23(7-4-11-25-24(29)20-5-2-1-3-6-20)27-14-12-26(13-15-27)18-19-8-9-22-21(17-19)10-16-30-22/h1-3,5-6,8-9,17H,4,7,10-16,18H2,(H,25,29). The molecule has 1 fully saturated rings. The first-order chi connectivity index (χ1) is 14.7. The molecule has 2 aromatic carbocycles. The molecule has 0 saturated carbocycles. The van der Waals surface area contributed by atoms with Crippen LogP contribution in [-0.4, -0.2) is 60.9 Å². The van der Waals surface area contributed by atoms with Crippen molar-refractivity contribution in [2.75, 3.05) is 39.3 Å². The molecule has 6 nitrogen and oxygen atoms in total. The molecule has 0 bridgehead atoms. The third-order valence-electron chi connectivity index (χ3n) is 5.77. The molecule has 0 aliphatic carbocycles. The lowest BCUT2D eigenvalue weighted by Crippen LogP contribution is -2.48. The van der Waals surface area contributed by atoms with Crippen molar-refractivity contribution in [3.05, 3.63) is 65.2 Å². The maximum atomic E-state index is 12.5. The summed E-state index contributed by atoms with van der Waals surface area (Å²) in [5.74, 6) is 1.11. The zero-order valence-corrected chi connectivity index (χ0v) is 17.3. The average molecular weight is 408 g/mol. The normalized spacial score (nSPS) is 16.1. The summed E-state index contributed by atoms with van der Waals surface area (Å²) < 4.78 is 5.58.